The summed E-state index contributed by atoms with van der Waals surface area (Å²) in [6, 6.07) is 7.80. The van der Waals surface area contributed by atoms with Gasteiger partial charge in [-0.1, -0.05) is 6.07 Å². The minimum atomic E-state index is -0.0719. The molecule has 0 saturated heterocycles. The van der Waals surface area contributed by atoms with Crippen LogP contribution in [0.15, 0.2) is 41.1 Å². The molecule has 0 spiro atoms. The van der Waals surface area contributed by atoms with Crippen molar-refractivity contribution in [2.24, 2.45) is 0 Å². The van der Waals surface area contributed by atoms with Crippen LogP contribution < -0.4 is 0 Å². The Morgan fingerprint density at radius 1 is 1.47 bits per heavy atom. The summed E-state index contributed by atoms with van der Waals surface area (Å²) in [4.78, 5) is 4.24. The number of pyridine rings is 1. The van der Waals surface area contributed by atoms with Crippen molar-refractivity contribution in [2.45, 2.75) is 18.7 Å². The zero-order valence-corrected chi connectivity index (χ0v) is 9.24. The average Bonchev–Trinajstić information content (AvgIpc) is 2.66. The van der Waals surface area contributed by atoms with Crippen molar-refractivity contribution in [3.05, 3.63) is 53.7 Å². The van der Waals surface area contributed by atoms with Crippen molar-refractivity contribution in [3.8, 4) is 0 Å². The van der Waals surface area contributed by atoms with Crippen LogP contribution >= 0.6 is 11.6 Å². The van der Waals surface area contributed by atoms with E-state index in [0.29, 0.717) is 0 Å². The molecule has 2 aromatic rings. The minimum absolute atomic E-state index is 0.0719. The van der Waals surface area contributed by atoms with Crippen LogP contribution in [0.25, 0.3) is 0 Å². The Kier molecular flexibility index (Phi) is 3.07. The molecule has 0 N–H and O–H groups in total. The van der Waals surface area contributed by atoms with E-state index in [-0.39, 0.29) is 5.38 Å². The Labute approximate surface area is 93.9 Å². The lowest BCUT2D eigenvalue weighted by Gasteiger charge is -2.05. The number of nitrogens with zero attached hydrogens (tertiary/aromatic N) is 1. The van der Waals surface area contributed by atoms with Crippen molar-refractivity contribution < 1.29 is 4.42 Å². The Bertz CT molecular complexity index is 424. The van der Waals surface area contributed by atoms with Gasteiger partial charge < -0.3 is 4.42 Å². The van der Waals surface area contributed by atoms with Crippen molar-refractivity contribution in [1.29, 1.82) is 0 Å². The molecule has 78 valence electrons. The molecule has 2 heterocycles. The van der Waals surface area contributed by atoms with Gasteiger partial charge in [0.2, 0.25) is 0 Å². The predicted molar refractivity (Wildman–Crippen MR) is 60.0 cm³/mol. The van der Waals surface area contributed by atoms with Gasteiger partial charge in [0, 0.05) is 23.9 Å². The molecule has 15 heavy (non-hydrogen) atoms. The summed E-state index contributed by atoms with van der Waals surface area (Å²) in [5, 5.41) is -0.0719. The van der Waals surface area contributed by atoms with E-state index in [0.717, 1.165) is 23.4 Å². The highest BCUT2D eigenvalue weighted by molar-refractivity contribution is 6.20. The number of alkyl halides is 1. The molecular weight excluding hydrogens is 210 g/mol. The monoisotopic (exact) mass is 221 g/mol. The first kappa shape index (κ1) is 10.2. The van der Waals surface area contributed by atoms with Gasteiger partial charge in [-0.25, -0.2) is 0 Å². The first-order valence-electron chi connectivity index (χ1n) is 4.85. The molecule has 2 rings (SSSR count). The molecule has 3 heteroatoms. The number of aromatic nitrogens is 1. The van der Waals surface area contributed by atoms with Gasteiger partial charge in [0.15, 0.2) is 0 Å². The molecule has 0 aliphatic rings. The quantitative estimate of drug-likeness (QED) is 0.742. The van der Waals surface area contributed by atoms with Gasteiger partial charge >= 0.3 is 0 Å². The number of furan rings is 1. The molecule has 2 nitrogen and oxygen atoms in total. The van der Waals surface area contributed by atoms with Crippen molar-refractivity contribution in [2.75, 3.05) is 0 Å². The first-order valence-corrected chi connectivity index (χ1v) is 5.28. The van der Waals surface area contributed by atoms with Crippen LogP contribution in [0.3, 0.4) is 0 Å². The zero-order chi connectivity index (χ0) is 10.7. The Morgan fingerprint density at radius 2 is 2.33 bits per heavy atom. The van der Waals surface area contributed by atoms with Crippen molar-refractivity contribution >= 4 is 11.6 Å². The number of aryl methyl sites for hydroxylation is 1. The molecule has 0 aromatic carbocycles. The molecule has 1 unspecified atom stereocenters. The van der Waals surface area contributed by atoms with E-state index in [2.05, 4.69) is 4.98 Å². The van der Waals surface area contributed by atoms with E-state index in [4.69, 9.17) is 16.0 Å². The van der Waals surface area contributed by atoms with Gasteiger partial charge in [0.1, 0.15) is 5.76 Å². The number of hydrogen-bond acceptors (Lipinski definition) is 2. The lowest BCUT2D eigenvalue weighted by molar-refractivity contribution is 0.531. The maximum Gasteiger partial charge on any atom is 0.101 e. The Balaban J connectivity index is 2.07. The van der Waals surface area contributed by atoms with E-state index in [1.165, 1.54) is 0 Å². The van der Waals surface area contributed by atoms with Crippen molar-refractivity contribution in [3.63, 3.8) is 0 Å². The molecule has 0 saturated carbocycles. The molecule has 0 aliphatic carbocycles. The molecule has 0 radical (unpaired) electrons. The molecule has 0 aliphatic heterocycles. The molecule has 1 atom stereocenters. The lowest BCUT2D eigenvalue weighted by Crippen LogP contribution is -1.96. The third kappa shape index (κ3) is 2.60. The predicted octanol–water partition coefficient (Wildman–Crippen LogP) is 3.51. The third-order valence-electron chi connectivity index (χ3n) is 2.23. The second-order valence-corrected chi connectivity index (χ2v) is 4.01. The molecule has 0 fully saturated rings. The summed E-state index contributed by atoms with van der Waals surface area (Å²) in [7, 11) is 0. The Morgan fingerprint density at radius 3 is 2.93 bits per heavy atom. The van der Waals surface area contributed by atoms with Gasteiger partial charge in [0.25, 0.3) is 0 Å². The topological polar surface area (TPSA) is 26.0 Å². The summed E-state index contributed by atoms with van der Waals surface area (Å²) < 4.78 is 5.22. The number of hydrogen-bond donors (Lipinski definition) is 0. The third-order valence-corrected chi connectivity index (χ3v) is 2.63. The second kappa shape index (κ2) is 4.49. The maximum absolute atomic E-state index is 6.25. The summed E-state index contributed by atoms with van der Waals surface area (Å²) in [6.45, 7) is 1.91. The van der Waals surface area contributed by atoms with Crippen LogP contribution in [0, 0.1) is 6.92 Å². The largest absolute Gasteiger partial charge is 0.469 e. The normalized spacial score (nSPS) is 12.7. The number of rotatable bonds is 3. The van der Waals surface area contributed by atoms with Crippen LogP contribution in [-0.4, -0.2) is 4.98 Å². The summed E-state index contributed by atoms with van der Waals surface area (Å²) >= 11 is 6.25. The highest BCUT2D eigenvalue weighted by Gasteiger charge is 2.11. The second-order valence-electron chi connectivity index (χ2n) is 3.48. The highest BCUT2D eigenvalue weighted by Crippen LogP contribution is 2.25. The van der Waals surface area contributed by atoms with E-state index < -0.39 is 0 Å². The van der Waals surface area contributed by atoms with E-state index in [1.54, 1.807) is 12.5 Å². The van der Waals surface area contributed by atoms with E-state index >= 15 is 0 Å². The fourth-order valence-corrected chi connectivity index (χ4v) is 1.72. The summed E-state index contributed by atoms with van der Waals surface area (Å²) in [5.41, 5.74) is 2.01. The maximum atomic E-state index is 6.25. The van der Waals surface area contributed by atoms with Crippen LogP contribution in [0.2, 0.25) is 0 Å². The smallest absolute Gasteiger partial charge is 0.101 e. The highest BCUT2D eigenvalue weighted by atomic mass is 35.5. The Hall–Kier alpha value is -1.28. The van der Waals surface area contributed by atoms with Crippen LogP contribution in [0.1, 0.15) is 22.4 Å². The van der Waals surface area contributed by atoms with Crippen LogP contribution in [-0.2, 0) is 6.42 Å². The standard InChI is InChI=1S/C12H12ClNO/c1-9-6-10(8-15-9)12(13)7-11-4-2-3-5-14-11/h2-6,8,12H,7H2,1H3. The molecule has 0 bridgehead atoms. The van der Waals surface area contributed by atoms with Gasteiger partial charge in [-0.05, 0) is 25.1 Å². The SMILES string of the molecule is Cc1cc(C(Cl)Cc2ccccn2)co1. The van der Waals surface area contributed by atoms with Gasteiger partial charge in [-0.15, -0.1) is 11.6 Å². The first-order chi connectivity index (χ1) is 7.25. The fourth-order valence-electron chi connectivity index (χ4n) is 1.45. The van der Waals surface area contributed by atoms with E-state index in [9.17, 15) is 0 Å². The van der Waals surface area contributed by atoms with Gasteiger partial charge in [-0.2, -0.15) is 0 Å². The van der Waals surface area contributed by atoms with Crippen LogP contribution in [0.5, 0.6) is 0 Å². The molecule has 0 amide bonds. The minimum Gasteiger partial charge on any atom is -0.469 e. The molecular formula is C12H12ClNO. The summed E-state index contributed by atoms with van der Waals surface area (Å²) in [6.07, 6.45) is 4.21. The van der Waals surface area contributed by atoms with E-state index in [1.807, 2.05) is 31.2 Å². The average molecular weight is 222 g/mol. The molecule has 2 aromatic heterocycles. The lowest BCUT2D eigenvalue weighted by atomic mass is 10.1. The van der Waals surface area contributed by atoms with Gasteiger partial charge in [-0.3, -0.25) is 4.98 Å². The summed E-state index contributed by atoms with van der Waals surface area (Å²) in [5.74, 6) is 0.886. The van der Waals surface area contributed by atoms with Crippen LogP contribution in [0.4, 0.5) is 0 Å². The zero-order valence-electron chi connectivity index (χ0n) is 8.48. The number of halogens is 1. The van der Waals surface area contributed by atoms with Gasteiger partial charge in [0.05, 0.1) is 11.6 Å². The van der Waals surface area contributed by atoms with Crippen molar-refractivity contribution in [1.82, 2.24) is 4.98 Å². The fraction of sp³-hybridized carbons (Fsp3) is 0.250.